The van der Waals surface area contributed by atoms with Gasteiger partial charge in [0.15, 0.2) is 0 Å². The Kier molecular flexibility index (Phi) is 4.95. The van der Waals surface area contributed by atoms with Gasteiger partial charge in [-0.25, -0.2) is 0 Å². The third-order valence-corrected chi connectivity index (χ3v) is 4.48. The number of carbonyl (C=O) groups excluding carboxylic acids is 1. The summed E-state index contributed by atoms with van der Waals surface area (Å²) in [6.07, 6.45) is 1.80. The normalized spacial score (nSPS) is 10.8. The number of hydrogen-bond acceptors (Lipinski definition) is 4. The van der Waals surface area contributed by atoms with Crippen LogP contribution in [0.25, 0.3) is 23.0 Å². The van der Waals surface area contributed by atoms with Crippen LogP contribution in [0.2, 0.25) is 5.02 Å². The second-order valence-electron chi connectivity index (χ2n) is 6.37. The Balaban J connectivity index is 1.50. The number of halogens is 1. The highest BCUT2D eigenvalue weighted by atomic mass is 35.5. The summed E-state index contributed by atoms with van der Waals surface area (Å²) >= 11 is 5.92. The van der Waals surface area contributed by atoms with E-state index in [0.29, 0.717) is 22.4 Å². The van der Waals surface area contributed by atoms with E-state index >= 15 is 0 Å². The molecule has 28 heavy (non-hydrogen) atoms. The minimum absolute atomic E-state index is 0.134. The number of benzene rings is 2. The molecule has 0 unspecified atom stereocenters. The molecule has 0 aliphatic heterocycles. The number of nitrogens with zero attached hydrogens (tertiary/aromatic N) is 3. The number of amides is 1. The predicted octanol–water partition coefficient (Wildman–Crippen LogP) is 4.81. The first kappa shape index (κ1) is 18.0. The highest BCUT2D eigenvalue weighted by Gasteiger charge is 2.15. The summed E-state index contributed by atoms with van der Waals surface area (Å²) in [5, 5.41) is 7.55. The standard InChI is InChI=1S/C21H17ClN4O2/c1-14-4-10-17(11-5-14)23-19(27)13-26-12-2-3-18(26)21-24-20(25-28-21)15-6-8-16(22)9-7-15/h2-12H,13H2,1H3,(H,23,27). The van der Waals surface area contributed by atoms with E-state index in [1.807, 2.05) is 55.5 Å². The number of carbonyl (C=O) groups is 1. The van der Waals surface area contributed by atoms with E-state index in [9.17, 15) is 4.79 Å². The van der Waals surface area contributed by atoms with Crippen molar-refractivity contribution in [3.8, 4) is 23.0 Å². The lowest BCUT2D eigenvalue weighted by Crippen LogP contribution is -2.18. The first-order chi connectivity index (χ1) is 13.6. The predicted molar refractivity (Wildman–Crippen MR) is 108 cm³/mol. The van der Waals surface area contributed by atoms with E-state index < -0.39 is 0 Å². The van der Waals surface area contributed by atoms with Crippen molar-refractivity contribution in [2.75, 3.05) is 5.32 Å². The third-order valence-electron chi connectivity index (χ3n) is 4.23. The van der Waals surface area contributed by atoms with Crippen LogP contribution in [0.15, 0.2) is 71.4 Å². The zero-order chi connectivity index (χ0) is 19.5. The molecule has 0 radical (unpaired) electrons. The number of aryl methyl sites for hydroxylation is 1. The number of hydrogen-bond donors (Lipinski definition) is 1. The molecule has 2 aromatic carbocycles. The first-order valence-electron chi connectivity index (χ1n) is 8.70. The molecule has 0 aliphatic rings. The molecular weight excluding hydrogens is 376 g/mol. The van der Waals surface area contributed by atoms with E-state index in [0.717, 1.165) is 16.8 Å². The topological polar surface area (TPSA) is 73.0 Å². The maximum atomic E-state index is 12.4. The van der Waals surface area contributed by atoms with Crippen LogP contribution in [-0.2, 0) is 11.3 Å². The van der Waals surface area contributed by atoms with Crippen molar-refractivity contribution in [3.63, 3.8) is 0 Å². The second-order valence-corrected chi connectivity index (χ2v) is 6.80. The minimum Gasteiger partial charge on any atom is -0.334 e. The van der Waals surface area contributed by atoms with E-state index in [1.54, 1.807) is 22.9 Å². The van der Waals surface area contributed by atoms with Gasteiger partial charge in [-0.05, 0) is 55.5 Å². The number of rotatable bonds is 5. The van der Waals surface area contributed by atoms with Crippen LogP contribution in [0.5, 0.6) is 0 Å². The van der Waals surface area contributed by atoms with Crippen LogP contribution in [0.1, 0.15) is 5.56 Å². The SMILES string of the molecule is Cc1ccc(NC(=O)Cn2cccc2-c2nc(-c3ccc(Cl)cc3)no2)cc1. The fourth-order valence-electron chi connectivity index (χ4n) is 2.78. The van der Waals surface area contributed by atoms with Crippen molar-refractivity contribution in [3.05, 3.63) is 77.4 Å². The summed E-state index contributed by atoms with van der Waals surface area (Å²) in [6.45, 7) is 2.13. The molecule has 2 aromatic heterocycles. The van der Waals surface area contributed by atoms with Gasteiger partial charge in [-0.1, -0.05) is 34.5 Å². The summed E-state index contributed by atoms with van der Waals surface area (Å²) in [5.41, 5.74) is 3.37. The smallest absolute Gasteiger partial charge is 0.274 e. The number of nitrogens with one attached hydrogen (secondary N) is 1. The molecule has 0 saturated carbocycles. The average Bonchev–Trinajstić information content (AvgIpc) is 3.33. The fourth-order valence-corrected chi connectivity index (χ4v) is 2.91. The molecule has 1 N–H and O–H groups in total. The molecule has 0 bridgehead atoms. The van der Waals surface area contributed by atoms with E-state index in [1.165, 1.54) is 0 Å². The Morgan fingerprint density at radius 2 is 1.86 bits per heavy atom. The van der Waals surface area contributed by atoms with Crippen molar-refractivity contribution in [1.82, 2.24) is 14.7 Å². The van der Waals surface area contributed by atoms with Gasteiger partial charge in [0.1, 0.15) is 12.2 Å². The number of anilines is 1. The molecule has 4 rings (SSSR count). The van der Waals surface area contributed by atoms with Crippen LogP contribution in [0.4, 0.5) is 5.69 Å². The molecule has 0 atom stereocenters. The largest absolute Gasteiger partial charge is 0.334 e. The van der Waals surface area contributed by atoms with Crippen molar-refractivity contribution >= 4 is 23.2 Å². The maximum Gasteiger partial charge on any atom is 0.274 e. The van der Waals surface area contributed by atoms with Gasteiger partial charge in [-0.15, -0.1) is 0 Å². The number of aromatic nitrogens is 3. The zero-order valence-corrected chi connectivity index (χ0v) is 15.8. The molecule has 1 amide bonds. The van der Waals surface area contributed by atoms with Gasteiger partial charge in [-0.2, -0.15) is 4.98 Å². The Morgan fingerprint density at radius 3 is 2.61 bits per heavy atom. The average molecular weight is 393 g/mol. The zero-order valence-electron chi connectivity index (χ0n) is 15.1. The Morgan fingerprint density at radius 1 is 1.11 bits per heavy atom. The third kappa shape index (κ3) is 3.97. The van der Waals surface area contributed by atoms with Gasteiger partial charge in [-0.3, -0.25) is 4.79 Å². The van der Waals surface area contributed by atoms with Gasteiger partial charge >= 0.3 is 0 Å². The van der Waals surface area contributed by atoms with E-state index in [-0.39, 0.29) is 12.5 Å². The van der Waals surface area contributed by atoms with Gasteiger partial charge in [0.05, 0.1) is 0 Å². The van der Waals surface area contributed by atoms with Crippen molar-refractivity contribution in [1.29, 1.82) is 0 Å². The van der Waals surface area contributed by atoms with Crippen molar-refractivity contribution < 1.29 is 9.32 Å². The lowest BCUT2D eigenvalue weighted by Gasteiger charge is -2.08. The van der Waals surface area contributed by atoms with Crippen LogP contribution in [0, 0.1) is 6.92 Å². The molecule has 0 aliphatic carbocycles. The fraction of sp³-hybridized carbons (Fsp3) is 0.0952. The minimum atomic E-state index is -0.140. The summed E-state index contributed by atoms with van der Waals surface area (Å²) in [7, 11) is 0. The van der Waals surface area contributed by atoms with E-state index in [2.05, 4.69) is 15.5 Å². The molecule has 2 heterocycles. The second kappa shape index (κ2) is 7.70. The molecule has 0 saturated heterocycles. The molecule has 4 aromatic rings. The van der Waals surface area contributed by atoms with Crippen molar-refractivity contribution in [2.24, 2.45) is 0 Å². The van der Waals surface area contributed by atoms with Gasteiger partial charge in [0.25, 0.3) is 5.89 Å². The lowest BCUT2D eigenvalue weighted by molar-refractivity contribution is -0.116. The molecule has 6 nitrogen and oxygen atoms in total. The monoisotopic (exact) mass is 392 g/mol. The molecule has 140 valence electrons. The first-order valence-corrected chi connectivity index (χ1v) is 9.08. The van der Waals surface area contributed by atoms with Crippen LogP contribution < -0.4 is 5.32 Å². The van der Waals surface area contributed by atoms with E-state index in [4.69, 9.17) is 16.1 Å². The Hall–Kier alpha value is -3.38. The molecular formula is C21H17ClN4O2. The van der Waals surface area contributed by atoms with Crippen molar-refractivity contribution in [2.45, 2.75) is 13.5 Å². The van der Waals surface area contributed by atoms with Gasteiger partial charge < -0.3 is 14.4 Å². The summed E-state index contributed by atoms with van der Waals surface area (Å²) in [5.74, 6) is 0.667. The van der Waals surface area contributed by atoms with Gasteiger partial charge in [0.2, 0.25) is 11.7 Å². The quantitative estimate of drug-likeness (QED) is 0.529. The Labute approximate surface area is 166 Å². The Bertz CT molecular complexity index is 1100. The van der Waals surface area contributed by atoms with Crippen LogP contribution >= 0.6 is 11.6 Å². The highest BCUT2D eigenvalue weighted by molar-refractivity contribution is 6.30. The maximum absolute atomic E-state index is 12.4. The molecule has 0 fully saturated rings. The van der Waals surface area contributed by atoms with Crippen LogP contribution in [-0.4, -0.2) is 20.6 Å². The molecule has 7 heteroatoms. The molecule has 0 spiro atoms. The highest BCUT2D eigenvalue weighted by Crippen LogP contribution is 2.24. The summed E-state index contributed by atoms with van der Waals surface area (Å²) in [6, 6.07) is 18.5. The van der Waals surface area contributed by atoms with Crippen LogP contribution in [0.3, 0.4) is 0 Å². The lowest BCUT2D eigenvalue weighted by atomic mass is 10.2. The summed E-state index contributed by atoms with van der Waals surface area (Å²) in [4.78, 5) is 16.8. The van der Waals surface area contributed by atoms with Gasteiger partial charge in [0, 0.05) is 22.5 Å². The summed E-state index contributed by atoms with van der Waals surface area (Å²) < 4.78 is 7.17.